The Labute approximate surface area is 132 Å². The molecule has 1 heterocycles. The van der Waals surface area contributed by atoms with E-state index in [0.29, 0.717) is 6.61 Å². The monoisotopic (exact) mass is 297 g/mol. The van der Waals surface area contributed by atoms with Gasteiger partial charge in [0.25, 0.3) is 0 Å². The van der Waals surface area contributed by atoms with Gasteiger partial charge in [-0.3, -0.25) is 4.90 Å². The van der Waals surface area contributed by atoms with Gasteiger partial charge in [-0.1, -0.05) is 50.2 Å². The highest BCUT2D eigenvalue weighted by molar-refractivity contribution is 5.41. The lowest BCUT2D eigenvalue weighted by molar-refractivity contribution is 0.0913. The summed E-state index contributed by atoms with van der Waals surface area (Å²) in [7, 11) is 0. The van der Waals surface area contributed by atoms with Gasteiger partial charge in [-0.05, 0) is 36.3 Å². The summed E-state index contributed by atoms with van der Waals surface area (Å²) in [6.45, 7) is 8.11. The Balaban J connectivity index is 1.69. The lowest BCUT2D eigenvalue weighted by Gasteiger charge is -2.27. The standard InChI is InChI=1S/C19H23NO2/c1-3-20(4-2)13-15-9-11-16(12-10-15)19-14-21-17-7-5-6-8-18(17)22-19/h5-12,19H,3-4,13-14H2,1-2H3/t19-/m1/s1. The molecule has 0 saturated heterocycles. The van der Waals surface area contributed by atoms with Crippen molar-refractivity contribution in [3.05, 3.63) is 59.7 Å². The number of ether oxygens (including phenoxy) is 2. The lowest BCUT2D eigenvalue weighted by atomic mass is 10.1. The smallest absolute Gasteiger partial charge is 0.162 e. The maximum absolute atomic E-state index is 6.05. The highest BCUT2D eigenvalue weighted by Gasteiger charge is 2.22. The Hall–Kier alpha value is -2.00. The summed E-state index contributed by atoms with van der Waals surface area (Å²) in [6.07, 6.45) is -0.0302. The summed E-state index contributed by atoms with van der Waals surface area (Å²) in [5, 5.41) is 0. The molecule has 2 aromatic rings. The molecule has 0 amide bonds. The van der Waals surface area contributed by atoms with Crippen molar-refractivity contribution in [1.29, 1.82) is 0 Å². The fourth-order valence-electron chi connectivity index (χ4n) is 2.73. The molecule has 3 nitrogen and oxygen atoms in total. The number of para-hydroxylation sites is 2. The first-order valence-electron chi connectivity index (χ1n) is 7.99. The maximum atomic E-state index is 6.05. The summed E-state index contributed by atoms with van der Waals surface area (Å²) in [6, 6.07) is 16.5. The highest BCUT2D eigenvalue weighted by atomic mass is 16.6. The van der Waals surface area contributed by atoms with Gasteiger partial charge in [-0.2, -0.15) is 0 Å². The van der Waals surface area contributed by atoms with Crippen molar-refractivity contribution in [2.24, 2.45) is 0 Å². The zero-order valence-electron chi connectivity index (χ0n) is 13.3. The molecule has 1 atom stereocenters. The van der Waals surface area contributed by atoms with Gasteiger partial charge in [0.05, 0.1) is 0 Å². The minimum absolute atomic E-state index is 0.0302. The Kier molecular flexibility index (Phi) is 4.64. The van der Waals surface area contributed by atoms with Gasteiger partial charge in [0.15, 0.2) is 17.6 Å². The maximum Gasteiger partial charge on any atom is 0.162 e. The second-order valence-corrected chi connectivity index (χ2v) is 5.57. The van der Waals surface area contributed by atoms with E-state index in [0.717, 1.165) is 36.7 Å². The van der Waals surface area contributed by atoms with Gasteiger partial charge in [-0.25, -0.2) is 0 Å². The van der Waals surface area contributed by atoms with Crippen LogP contribution in [0.5, 0.6) is 11.5 Å². The van der Waals surface area contributed by atoms with Crippen LogP contribution in [-0.2, 0) is 6.54 Å². The third kappa shape index (κ3) is 3.25. The van der Waals surface area contributed by atoms with Crippen LogP contribution in [-0.4, -0.2) is 24.6 Å². The van der Waals surface area contributed by atoms with Crippen LogP contribution in [0.3, 0.4) is 0 Å². The topological polar surface area (TPSA) is 21.7 Å². The zero-order chi connectivity index (χ0) is 15.4. The van der Waals surface area contributed by atoms with Gasteiger partial charge < -0.3 is 9.47 Å². The van der Waals surface area contributed by atoms with E-state index < -0.39 is 0 Å². The number of nitrogens with zero attached hydrogens (tertiary/aromatic N) is 1. The van der Waals surface area contributed by atoms with Crippen molar-refractivity contribution >= 4 is 0 Å². The first-order valence-corrected chi connectivity index (χ1v) is 7.99. The van der Waals surface area contributed by atoms with Crippen molar-refractivity contribution < 1.29 is 9.47 Å². The van der Waals surface area contributed by atoms with E-state index in [1.54, 1.807) is 0 Å². The van der Waals surface area contributed by atoms with Crippen molar-refractivity contribution in [2.75, 3.05) is 19.7 Å². The van der Waals surface area contributed by atoms with E-state index in [2.05, 4.69) is 43.0 Å². The average molecular weight is 297 g/mol. The van der Waals surface area contributed by atoms with Crippen LogP contribution in [0.4, 0.5) is 0 Å². The number of rotatable bonds is 5. The summed E-state index contributed by atoms with van der Waals surface area (Å²) >= 11 is 0. The van der Waals surface area contributed by atoms with Crippen LogP contribution in [0.15, 0.2) is 48.5 Å². The van der Waals surface area contributed by atoms with E-state index in [4.69, 9.17) is 9.47 Å². The molecule has 1 aliphatic rings. The fraction of sp³-hybridized carbons (Fsp3) is 0.368. The van der Waals surface area contributed by atoms with Gasteiger partial charge in [-0.15, -0.1) is 0 Å². The summed E-state index contributed by atoms with van der Waals surface area (Å²) in [5.41, 5.74) is 2.50. The van der Waals surface area contributed by atoms with Crippen LogP contribution >= 0.6 is 0 Å². The molecule has 0 fully saturated rings. The van der Waals surface area contributed by atoms with Gasteiger partial charge in [0, 0.05) is 6.54 Å². The van der Waals surface area contributed by atoms with E-state index >= 15 is 0 Å². The summed E-state index contributed by atoms with van der Waals surface area (Å²) in [4.78, 5) is 2.41. The second-order valence-electron chi connectivity index (χ2n) is 5.57. The van der Waals surface area contributed by atoms with Crippen molar-refractivity contribution in [3.63, 3.8) is 0 Å². The Morgan fingerprint density at radius 1 is 0.955 bits per heavy atom. The largest absolute Gasteiger partial charge is 0.485 e. The zero-order valence-corrected chi connectivity index (χ0v) is 13.3. The summed E-state index contributed by atoms with van der Waals surface area (Å²) in [5.74, 6) is 1.66. The Morgan fingerprint density at radius 3 is 2.32 bits per heavy atom. The van der Waals surface area contributed by atoms with Crippen molar-refractivity contribution in [3.8, 4) is 11.5 Å². The fourth-order valence-corrected chi connectivity index (χ4v) is 2.73. The quantitative estimate of drug-likeness (QED) is 0.831. The number of fused-ring (bicyclic) bond motifs is 1. The van der Waals surface area contributed by atoms with E-state index in [1.807, 2.05) is 24.3 Å². The van der Waals surface area contributed by atoms with Crippen molar-refractivity contribution in [2.45, 2.75) is 26.5 Å². The third-order valence-electron chi connectivity index (χ3n) is 4.16. The normalized spacial score (nSPS) is 16.8. The summed E-state index contributed by atoms with van der Waals surface area (Å²) < 4.78 is 11.8. The van der Waals surface area contributed by atoms with Crippen LogP contribution in [0.1, 0.15) is 31.1 Å². The molecule has 22 heavy (non-hydrogen) atoms. The van der Waals surface area contributed by atoms with Gasteiger partial charge in [0.1, 0.15) is 6.61 Å². The first kappa shape index (κ1) is 14.9. The number of hydrogen-bond donors (Lipinski definition) is 0. The Bertz CT molecular complexity index is 605. The molecule has 1 aliphatic heterocycles. The average Bonchev–Trinajstić information content (AvgIpc) is 2.60. The molecular weight excluding hydrogens is 274 g/mol. The van der Waals surface area contributed by atoms with Crippen LogP contribution in [0.2, 0.25) is 0 Å². The molecule has 0 bridgehead atoms. The predicted octanol–water partition coefficient (Wildman–Crippen LogP) is 4.04. The molecular formula is C19H23NO2. The molecule has 0 saturated carbocycles. The second kappa shape index (κ2) is 6.84. The van der Waals surface area contributed by atoms with E-state index in [1.165, 1.54) is 5.56 Å². The van der Waals surface area contributed by atoms with E-state index in [-0.39, 0.29) is 6.10 Å². The predicted molar refractivity (Wildman–Crippen MR) is 88.4 cm³/mol. The molecule has 2 aromatic carbocycles. The van der Waals surface area contributed by atoms with Gasteiger partial charge in [0.2, 0.25) is 0 Å². The molecule has 0 N–H and O–H groups in total. The molecule has 3 heteroatoms. The molecule has 0 aromatic heterocycles. The highest BCUT2D eigenvalue weighted by Crippen LogP contribution is 2.35. The molecule has 3 rings (SSSR count). The van der Waals surface area contributed by atoms with Crippen LogP contribution in [0.25, 0.3) is 0 Å². The SMILES string of the molecule is CCN(CC)Cc1ccc([C@H]2COc3ccccc3O2)cc1. The lowest BCUT2D eigenvalue weighted by Crippen LogP contribution is -2.23. The van der Waals surface area contributed by atoms with E-state index in [9.17, 15) is 0 Å². The number of hydrogen-bond acceptors (Lipinski definition) is 3. The minimum atomic E-state index is -0.0302. The third-order valence-corrected chi connectivity index (χ3v) is 4.16. The molecule has 0 aliphatic carbocycles. The molecule has 0 spiro atoms. The van der Waals surface area contributed by atoms with Crippen LogP contribution < -0.4 is 9.47 Å². The van der Waals surface area contributed by atoms with Crippen LogP contribution in [0, 0.1) is 0 Å². The Morgan fingerprint density at radius 2 is 1.64 bits per heavy atom. The molecule has 116 valence electrons. The van der Waals surface area contributed by atoms with Gasteiger partial charge >= 0.3 is 0 Å². The first-order chi connectivity index (χ1) is 10.8. The molecule has 0 unspecified atom stereocenters. The minimum Gasteiger partial charge on any atom is -0.485 e. The number of benzene rings is 2. The van der Waals surface area contributed by atoms with Crippen molar-refractivity contribution in [1.82, 2.24) is 4.90 Å². The molecule has 0 radical (unpaired) electrons.